The Bertz CT molecular complexity index is 1020. The van der Waals surface area contributed by atoms with Gasteiger partial charge in [-0.25, -0.2) is 4.39 Å². The first-order valence-electron chi connectivity index (χ1n) is 11.1. The Morgan fingerprint density at radius 1 is 0.875 bits per heavy atom. The maximum absolute atomic E-state index is 13.2. The van der Waals surface area contributed by atoms with Crippen molar-refractivity contribution in [2.24, 2.45) is 0 Å². The van der Waals surface area contributed by atoms with Crippen LogP contribution >= 0.6 is 0 Å². The molecule has 166 valence electrons. The van der Waals surface area contributed by atoms with Crippen LogP contribution in [-0.4, -0.2) is 47.5 Å². The van der Waals surface area contributed by atoms with Gasteiger partial charge in [-0.1, -0.05) is 54.6 Å². The average molecular weight is 433 g/mol. The van der Waals surface area contributed by atoms with Crippen molar-refractivity contribution < 1.29 is 13.9 Å². The van der Waals surface area contributed by atoms with Gasteiger partial charge in [0.25, 0.3) is 5.91 Å². The summed E-state index contributed by atoms with van der Waals surface area (Å²) in [5.41, 5.74) is 3.34. The summed E-state index contributed by atoms with van der Waals surface area (Å²) in [7, 11) is 0. The van der Waals surface area contributed by atoms with E-state index in [4.69, 9.17) is 4.74 Å². The molecule has 3 aromatic carbocycles. The lowest BCUT2D eigenvalue weighted by Gasteiger charge is -2.44. The third-order valence-corrected chi connectivity index (χ3v) is 6.06. The largest absolute Gasteiger partial charge is 0.484 e. The quantitative estimate of drug-likeness (QED) is 0.550. The Kier molecular flexibility index (Phi) is 6.86. The summed E-state index contributed by atoms with van der Waals surface area (Å²) < 4.78 is 19.0. The van der Waals surface area contributed by atoms with Gasteiger partial charge >= 0.3 is 0 Å². The second kappa shape index (κ2) is 9.96. The number of ether oxygens (including phenoxy) is 1. The molecule has 0 unspecified atom stereocenters. The predicted molar refractivity (Wildman–Crippen MR) is 125 cm³/mol. The first kappa shape index (κ1) is 22.0. The van der Waals surface area contributed by atoms with Crippen LogP contribution in [0.4, 0.5) is 4.39 Å². The van der Waals surface area contributed by atoms with Crippen molar-refractivity contribution in [2.45, 2.75) is 32.5 Å². The van der Waals surface area contributed by atoms with Crippen LogP contribution in [0.2, 0.25) is 0 Å². The molecule has 1 heterocycles. The summed E-state index contributed by atoms with van der Waals surface area (Å²) in [6, 6.07) is 24.9. The number of rotatable bonds is 6. The number of hydrogen-bond donors (Lipinski definition) is 0. The minimum Gasteiger partial charge on any atom is -0.484 e. The molecule has 3 aromatic rings. The number of hydrogen-bond acceptors (Lipinski definition) is 3. The van der Waals surface area contributed by atoms with E-state index in [1.807, 2.05) is 59.5 Å². The molecule has 0 N–H and O–H groups in total. The molecule has 0 bridgehead atoms. The molecule has 0 aromatic heterocycles. The fourth-order valence-corrected chi connectivity index (χ4v) is 4.19. The molecular weight excluding hydrogens is 403 g/mol. The Morgan fingerprint density at radius 3 is 2.22 bits per heavy atom. The molecule has 1 saturated heterocycles. The number of amides is 1. The third-order valence-electron chi connectivity index (χ3n) is 6.06. The maximum atomic E-state index is 13.2. The van der Waals surface area contributed by atoms with E-state index in [9.17, 15) is 9.18 Å². The second-order valence-corrected chi connectivity index (χ2v) is 8.48. The zero-order valence-corrected chi connectivity index (χ0v) is 18.6. The Balaban J connectivity index is 1.30. The van der Waals surface area contributed by atoms with Gasteiger partial charge in [0, 0.05) is 31.7 Å². The van der Waals surface area contributed by atoms with Crippen molar-refractivity contribution in [1.82, 2.24) is 9.80 Å². The molecule has 1 aliphatic heterocycles. The van der Waals surface area contributed by atoms with Gasteiger partial charge in [0.15, 0.2) is 6.61 Å². The van der Waals surface area contributed by atoms with Gasteiger partial charge in [0.05, 0.1) is 0 Å². The van der Waals surface area contributed by atoms with Crippen molar-refractivity contribution in [3.8, 4) is 16.9 Å². The van der Waals surface area contributed by atoms with Crippen LogP contribution in [-0.2, 0) is 11.3 Å². The minimum atomic E-state index is -0.222. The van der Waals surface area contributed by atoms with Gasteiger partial charge in [-0.15, -0.1) is 0 Å². The Morgan fingerprint density at radius 2 is 1.53 bits per heavy atom. The van der Waals surface area contributed by atoms with Gasteiger partial charge in [-0.2, -0.15) is 0 Å². The Hall–Kier alpha value is -3.18. The number of benzene rings is 3. The van der Waals surface area contributed by atoms with Crippen LogP contribution in [0.5, 0.6) is 5.75 Å². The van der Waals surface area contributed by atoms with Gasteiger partial charge in [-0.05, 0) is 54.8 Å². The van der Waals surface area contributed by atoms with E-state index in [-0.39, 0.29) is 30.4 Å². The number of carbonyl (C=O) groups excluding carboxylic acids is 1. The van der Waals surface area contributed by atoms with Crippen LogP contribution in [0.25, 0.3) is 11.1 Å². The molecule has 5 heteroatoms. The number of carbonyl (C=O) groups is 1. The second-order valence-electron chi connectivity index (χ2n) is 8.48. The van der Waals surface area contributed by atoms with Gasteiger partial charge in [-0.3, -0.25) is 9.69 Å². The zero-order chi connectivity index (χ0) is 22.5. The van der Waals surface area contributed by atoms with E-state index in [0.717, 1.165) is 29.8 Å². The molecule has 0 saturated carbocycles. The molecule has 0 spiro atoms. The molecule has 1 aliphatic rings. The van der Waals surface area contributed by atoms with Crippen molar-refractivity contribution in [3.05, 3.63) is 90.2 Å². The number of halogens is 1. The predicted octanol–water partition coefficient (Wildman–Crippen LogP) is 4.99. The van der Waals surface area contributed by atoms with Crippen LogP contribution in [0, 0.1) is 5.82 Å². The summed E-state index contributed by atoms with van der Waals surface area (Å²) in [6.45, 7) is 6.39. The lowest BCUT2D eigenvalue weighted by Crippen LogP contribution is -2.58. The summed E-state index contributed by atoms with van der Waals surface area (Å²) in [5, 5.41) is 0. The standard InChI is InChI=1S/C27H29FN2O2/c1-20-17-30(21(2)16-29(20)18-22-8-12-25(28)13-9-22)27(31)19-32-26-14-10-24(11-15-26)23-6-4-3-5-7-23/h3-15,20-21H,16-19H2,1-2H3/t20-,21+/m0/s1. The first-order valence-corrected chi connectivity index (χ1v) is 11.1. The molecule has 2 atom stereocenters. The molecule has 1 amide bonds. The van der Waals surface area contributed by atoms with E-state index in [2.05, 4.69) is 30.9 Å². The van der Waals surface area contributed by atoms with E-state index in [1.54, 1.807) is 0 Å². The van der Waals surface area contributed by atoms with E-state index >= 15 is 0 Å². The lowest BCUT2D eigenvalue weighted by atomic mass is 10.1. The highest BCUT2D eigenvalue weighted by atomic mass is 19.1. The summed E-state index contributed by atoms with van der Waals surface area (Å²) >= 11 is 0. The number of piperazine rings is 1. The normalized spacial score (nSPS) is 19.0. The maximum Gasteiger partial charge on any atom is 0.260 e. The zero-order valence-electron chi connectivity index (χ0n) is 18.6. The smallest absolute Gasteiger partial charge is 0.260 e. The van der Waals surface area contributed by atoms with Crippen LogP contribution in [0.1, 0.15) is 19.4 Å². The lowest BCUT2D eigenvalue weighted by molar-refractivity contribution is -0.139. The van der Waals surface area contributed by atoms with E-state index in [1.165, 1.54) is 12.1 Å². The van der Waals surface area contributed by atoms with Crippen LogP contribution < -0.4 is 4.74 Å². The highest BCUT2D eigenvalue weighted by molar-refractivity contribution is 5.78. The Labute approximate surface area is 189 Å². The summed E-state index contributed by atoms with van der Waals surface area (Å²) in [4.78, 5) is 17.1. The van der Waals surface area contributed by atoms with Crippen LogP contribution in [0.3, 0.4) is 0 Å². The summed E-state index contributed by atoms with van der Waals surface area (Å²) in [5.74, 6) is 0.465. The fraction of sp³-hybridized carbons (Fsp3) is 0.296. The highest BCUT2D eigenvalue weighted by Crippen LogP contribution is 2.23. The molecule has 4 nitrogen and oxygen atoms in total. The van der Waals surface area contributed by atoms with Crippen LogP contribution in [0.15, 0.2) is 78.9 Å². The fourth-order valence-electron chi connectivity index (χ4n) is 4.19. The summed E-state index contributed by atoms with van der Waals surface area (Å²) in [6.07, 6.45) is 0. The molecule has 4 rings (SSSR count). The average Bonchev–Trinajstić information content (AvgIpc) is 2.82. The monoisotopic (exact) mass is 432 g/mol. The first-order chi connectivity index (χ1) is 15.5. The molecule has 1 fully saturated rings. The minimum absolute atomic E-state index is 0.00193. The topological polar surface area (TPSA) is 32.8 Å². The van der Waals surface area contributed by atoms with Crippen molar-refractivity contribution >= 4 is 5.91 Å². The van der Waals surface area contributed by atoms with E-state index < -0.39 is 0 Å². The number of nitrogens with zero attached hydrogens (tertiary/aromatic N) is 2. The van der Waals surface area contributed by atoms with Gasteiger partial charge in [0.2, 0.25) is 0 Å². The molecule has 32 heavy (non-hydrogen) atoms. The molecule has 0 radical (unpaired) electrons. The molecular formula is C27H29FN2O2. The van der Waals surface area contributed by atoms with Crippen molar-refractivity contribution in [2.75, 3.05) is 19.7 Å². The molecule has 0 aliphatic carbocycles. The van der Waals surface area contributed by atoms with Gasteiger partial charge < -0.3 is 9.64 Å². The van der Waals surface area contributed by atoms with Gasteiger partial charge in [0.1, 0.15) is 11.6 Å². The highest BCUT2D eigenvalue weighted by Gasteiger charge is 2.32. The SMILES string of the molecule is C[C@@H]1CN(Cc2ccc(F)cc2)[C@@H](C)CN1C(=O)COc1ccc(-c2ccccc2)cc1. The van der Waals surface area contributed by atoms with Crippen molar-refractivity contribution in [3.63, 3.8) is 0 Å². The van der Waals surface area contributed by atoms with Crippen molar-refractivity contribution in [1.29, 1.82) is 0 Å². The van der Waals surface area contributed by atoms with E-state index in [0.29, 0.717) is 12.3 Å². The third kappa shape index (κ3) is 5.35.